The molecule has 0 unspecified atom stereocenters. The second kappa shape index (κ2) is 6.93. The smallest absolute Gasteiger partial charge is 0.326 e. The molecule has 1 aliphatic rings. The minimum absolute atomic E-state index is 0.214. The summed E-state index contributed by atoms with van der Waals surface area (Å²) in [7, 11) is 0. The molecule has 6 heteroatoms. The third kappa shape index (κ3) is 3.63. The molecule has 2 heterocycles. The number of fused-ring (bicyclic) bond motifs is 1. The van der Waals surface area contributed by atoms with Gasteiger partial charge in [-0.2, -0.15) is 0 Å². The van der Waals surface area contributed by atoms with E-state index < -0.39 is 17.9 Å². The van der Waals surface area contributed by atoms with Gasteiger partial charge in [0.05, 0.1) is 12.2 Å². The minimum Gasteiger partial charge on any atom is -0.493 e. The fourth-order valence-corrected chi connectivity index (χ4v) is 2.83. The first kappa shape index (κ1) is 17.0. The summed E-state index contributed by atoms with van der Waals surface area (Å²) in [6.45, 7) is 4.19. The van der Waals surface area contributed by atoms with Crippen LogP contribution in [0.1, 0.15) is 29.8 Å². The van der Waals surface area contributed by atoms with E-state index >= 15 is 0 Å². The number of carbonyl (C=O) groups is 2. The van der Waals surface area contributed by atoms with Crippen LogP contribution in [0.4, 0.5) is 0 Å². The zero-order chi connectivity index (χ0) is 18.0. The number of carbonyl (C=O) groups excluding carboxylic acids is 1. The molecule has 0 aliphatic carbocycles. The predicted molar refractivity (Wildman–Crippen MR) is 92.6 cm³/mol. The molecule has 1 amide bonds. The topological polar surface area (TPSA) is 88.5 Å². The Morgan fingerprint density at radius 1 is 1.20 bits per heavy atom. The van der Waals surface area contributed by atoms with Gasteiger partial charge in [0.25, 0.3) is 5.91 Å². The third-order valence-electron chi connectivity index (χ3n) is 4.24. The van der Waals surface area contributed by atoms with Crippen LogP contribution in [-0.2, 0) is 11.2 Å². The lowest BCUT2D eigenvalue weighted by atomic mass is 10.0. The van der Waals surface area contributed by atoms with Gasteiger partial charge in [0.2, 0.25) is 0 Å². The molecule has 0 radical (unpaired) electrons. The Morgan fingerprint density at radius 2 is 2.00 bits per heavy atom. The molecular weight excluding hydrogens is 320 g/mol. The molecule has 1 aliphatic heterocycles. The zero-order valence-electron chi connectivity index (χ0n) is 14.2. The van der Waals surface area contributed by atoms with Crippen LogP contribution in [0.5, 0.6) is 5.75 Å². The highest BCUT2D eigenvalue weighted by atomic mass is 16.5. The molecule has 0 saturated heterocycles. The first-order chi connectivity index (χ1) is 12.0. The van der Waals surface area contributed by atoms with Crippen molar-refractivity contribution in [2.24, 2.45) is 5.92 Å². The number of aliphatic carboxylic acids is 1. The van der Waals surface area contributed by atoms with E-state index in [1.165, 1.54) is 6.20 Å². The standard InChI is InChI=1S/C19H20N2O4/c1-11(2)17(19(23)24)21-18(22)15-8-14(9-20-10-15)12-3-4-16-13(7-12)5-6-25-16/h3-4,7-11,17H,5-6H2,1-2H3,(H,21,22)(H,23,24)/t17-/m1/s1. The average Bonchev–Trinajstić information content (AvgIpc) is 3.06. The third-order valence-corrected chi connectivity index (χ3v) is 4.24. The number of carboxylic acid groups (broad SMARTS) is 1. The number of nitrogens with zero attached hydrogens (tertiary/aromatic N) is 1. The molecule has 6 nitrogen and oxygen atoms in total. The van der Waals surface area contributed by atoms with E-state index in [-0.39, 0.29) is 5.92 Å². The summed E-state index contributed by atoms with van der Waals surface area (Å²) in [5, 5.41) is 11.8. The lowest BCUT2D eigenvalue weighted by molar-refractivity contribution is -0.140. The summed E-state index contributed by atoms with van der Waals surface area (Å²) in [5.41, 5.74) is 3.23. The molecule has 2 aromatic rings. The molecule has 25 heavy (non-hydrogen) atoms. The van der Waals surface area contributed by atoms with Gasteiger partial charge in [-0.3, -0.25) is 9.78 Å². The molecule has 130 valence electrons. The molecule has 0 saturated carbocycles. The van der Waals surface area contributed by atoms with Crippen LogP contribution in [0.25, 0.3) is 11.1 Å². The number of carboxylic acids is 1. The predicted octanol–water partition coefficient (Wildman–Crippen LogP) is 2.52. The largest absolute Gasteiger partial charge is 0.493 e. The number of nitrogens with one attached hydrogen (secondary N) is 1. The van der Waals surface area contributed by atoms with Crippen molar-refractivity contribution >= 4 is 11.9 Å². The van der Waals surface area contributed by atoms with E-state index in [1.54, 1.807) is 26.1 Å². The van der Waals surface area contributed by atoms with Crippen LogP contribution in [0.2, 0.25) is 0 Å². The SMILES string of the molecule is CC(C)[C@@H](NC(=O)c1cncc(-c2ccc3c(c2)CCO3)c1)C(=O)O. The van der Waals surface area contributed by atoms with Crippen LogP contribution in [-0.4, -0.2) is 34.6 Å². The number of amides is 1. The van der Waals surface area contributed by atoms with E-state index in [4.69, 9.17) is 4.74 Å². The Hall–Kier alpha value is -2.89. The van der Waals surface area contributed by atoms with Gasteiger partial charge in [0.15, 0.2) is 0 Å². The summed E-state index contributed by atoms with van der Waals surface area (Å²) in [6.07, 6.45) is 3.99. The number of hydrogen-bond donors (Lipinski definition) is 2. The molecule has 1 atom stereocenters. The fraction of sp³-hybridized carbons (Fsp3) is 0.316. The quantitative estimate of drug-likeness (QED) is 0.873. The van der Waals surface area contributed by atoms with Gasteiger partial charge in [0, 0.05) is 24.4 Å². The highest BCUT2D eigenvalue weighted by Gasteiger charge is 2.24. The molecular formula is C19H20N2O4. The Balaban J connectivity index is 1.84. The van der Waals surface area contributed by atoms with Crippen molar-refractivity contribution in [2.75, 3.05) is 6.61 Å². The number of hydrogen-bond acceptors (Lipinski definition) is 4. The summed E-state index contributed by atoms with van der Waals surface area (Å²) < 4.78 is 5.50. The molecule has 1 aromatic heterocycles. The highest BCUT2D eigenvalue weighted by molar-refractivity contribution is 5.97. The van der Waals surface area contributed by atoms with Crippen molar-refractivity contribution in [1.82, 2.24) is 10.3 Å². The Morgan fingerprint density at radius 3 is 2.72 bits per heavy atom. The minimum atomic E-state index is -1.05. The first-order valence-electron chi connectivity index (χ1n) is 8.20. The van der Waals surface area contributed by atoms with Crippen LogP contribution >= 0.6 is 0 Å². The van der Waals surface area contributed by atoms with Crippen LogP contribution < -0.4 is 10.1 Å². The molecule has 2 N–H and O–H groups in total. The van der Waals surface area contributed by atoms with Crippen LogP contribution in [0, 0.1) is 5.92 Å². The number of aromatic nitrogens is 1. The summed E-state index contributed by atoms with van der Waals surface area (Å²) in [6, 6.07) is 6.67. The van der Waals surface area contributed by atoms with Crippen molar-refractivity contribution in [3.8, 4) is 16.9 Å². The van der Waals surface area contributed by atoms with Gasteiger partial charge in [-0.15, -0.1) is 0 Å². The van der Waals surface area contributed by atoms with E-state index in [0.29, 0.717) is 12.2 Å². The van der Waals surface area contributed by atoms with Gasteiger partial charge in [-0.25, -0.2) is 4.79 Å². The maximum Gasteiger partial charge on any atom is 0.326 e. The van der Waals surface area contributed by atoms with E-state index in [0.717, 1.165) is 28.9 Å². The lowest BCUT2D eigenvalue weighted by Crippen LogP contribution is -2.44. The Labute approximate surface area is 145 Å². The lowest BCUT2D eigenvalue weighted by Gasteiger charge is -2.18. The van der Waals surface area contributed by atoms with Gasteiger partial charge < -0.3 is 15.2 Å². The second-order valence-electron chi connectivity index (χ2n) is 6.42. The normalized spacial score (nSPS) is 13.9. The van der Waals surface area contributed by atoms with E-state index in [1.807, 2.05) is 18.2 Å². The zero-order valence-corrected chi connectivity index (χ0v) is 14.2. The van der Waals surface area contributed by atoms with Crippen LogP contribution in [0.15, 0.2) is 36.7 Å². The Bertz CT molecular complexity index is 817. The van der Waals surface area contributed by atoms with Gasteiger partial charge in [-0.05, 0) is 35.2 Å². The molecule has 0 fully saturated rings. The summed E-state index contributed by atoms with van der Waals surface area (Å²) in [4.78, 5) is 27.8. The number of ether oxygens (including phenoxy) is 1. The Kier molecular flexibility index (Phi) is 4.70. The number of benzene rings is 1. The summed E-state index contributed by atoms with van der Waals surface area (Å²) in [5.74, 6) is -0.813. The van der Waals surface area contributed by atoms with E-state index in [9.17, 15) is 14.7 Å². The molecule has 0 spiro atoms. The van der Waals surface area contributed by atoms with Crippen molar-refractivity contribution in [1.29, 1.82) is 0 Å². The maximum atomic E-state index is 12.4. The maximum absolute atomic E-state index is 12.4. The monoisotopic (exact) mass is 340 g/mol. The van der Waals surface area contributed by atoms with Gasteiger partial charge >= 0.3 is 5.97 Å². The second-order valence-corrected chi connectivity index (χ2v) is 6.42. The molecule has 0 bridgehead atoms. The highest BCUT2D eigenvalue weighted by Crippen LogP contribution is 2.30. The molecule has 3 rings (SSSR count). The van der Waals surface area contributed by atoms with Crippen molar-refractivity contribution in [3.05, 3.63) is 47.8 Å². The van der Waals surface area contributed by atoms with E-state index in [2.05, 4.69) is 10.3 Å². The van der Waals surface area contributed by atoms with Gasteiger partial charge in [0.1, 0.15) is 11.8 Å². The van der Waals surface area contributed by atoms with Crippen molar-refractivity contribution in [3.63, 3.8) is 0 Å². The van der Waals surface area contributed by atoms with Gasteiger partial charge in [-0.1, -0.05) is 19.9 Å². The van der Waals surface area contributed by atoms with Crippen molar-refractivity contribution in [2.45, 2.75) is 26.3 Å². The number of rotatable bonds is 5. The summed E-state index contributed by atoms with van der Waals surface area (Å²) >= 11 is 0. The number of pyridine rings is 1. The van der Waals surface area contributed by atoms with Crippen LogP contribution in [0.3, 0.4) is 0 Å². The molecule has 1 aromatic carbocycles. The average molecular weight is 340 g/mol. The fourth-order valence-electron chi connectivity index (χ4n) is 2.83. The van der Waals surface area contributed by atoms with Crippen molar-refractivity contribution < 1.29 is 19.4 Å². The first-order valence-corrected chi connectivity index (χ1v) is 8.20.